The molecule has 0 unspecified atom stereocenters. The smallest absolute Gasteiger partial charge is 0.191 e. The normalized spacial score (nSPS) is 11.0. The minimum Gasteiger partial charge on any atom is -0.497 e. The van der Waals surface area contributed by atoms with E-state index in [1.165, 1.54) is 6.07 Å². The van der Waals surface area contributed by atoms with Gasteiger partial charge in [0.2, 0.25) is 0 Å². The topological polar surface area (TPSA) is 63.5 Å². The number of aliphatic imine (C=N–C) groups is 1. The molecule has 0 fully saturated rings. The van der Waals surface area contributed by atoms with Crippen LogP contribution in [-0.4, -0.2) is 29.7 Å². The number of hydrogen-bond acceptors (Lipinski definition) is 3. The van der Waals surface area contributed by atoms with Crippen LogP contribution in [0.25, 0.3) is 5.69 Å². The SMILES string of the molecule is CN=C(NCc1cccc(OC)c1)NCc1ccc(-n2ccnc2C)c(F)c1.I. The van der Waals surface area contributed by atoms with Crippen LogP contribution >= 0.6 is 24.0 Å². The fourth-order valence-corrected chi connectivity index (χ4v) is 2.86. The summed E-state index contributed by atoms with van der Waals surface area (Å²) in [5.41, 5.74) is 2.39. The highest BCUT2D eigenvalue weighted by molar-refractivity contribution is 14.0. The van der Waals surface area contributed by atoms with E-state index in [1.54, 1.807) is 37.2 Å². The number of ether oxygens (including phenoxy) is 1. The Morgan fingerprint density at radius 2 is 1.86 bits per heavy atom. The van der Waals surface area contributed by atoms with Crippen LogP contribution in [0, 0.1) is 12.7 Å². The first-order valence-electron chi connectivity index (χ1n) is 8.97. The van der Waals surface area contributed by atoms with Gasteiger partial charge < -0.3 is 19.9 Å². The van der Waals surface area contributed by atoms with E-state index in [4.69, 9.17) is 4.74 Å². The van der Waals surface area contributed by atoms with E-state index in [9.17, 15) is 4.39 Å². The van der Waals surface area contributed by atoms with Crippen molar-refractivity contribution in [3.05, 3.63) is 77.6 Å². The maximum Gasteiger partial charge on any atom is 0.191 e. The number of rotatable bonds is 6. The van der Waals surface area contributed by atoms with Gasteiger partial charge in [0, 0.05) is 32.5 Å². The second-order valence-electron chi connectivity index (χ2n) is 6.26. The van der Waals surface area contributed by atoms with Crippen molar-refractivity contribution < 1.29 is 9.13 Å². The fourth-order valence-electron chi connectivity index (χ4n) is 2.86. The summed E-state index contributed by atoms with van der Waals surface area (Å²) < 4.78 is 21.5. The maximum atomic E-state index is 14.5. The van der Waals surface area contributed by atoms with Crippen LogP contribution in [0.5, 0.6) is 5.75 Å². The lowest BCUT2D eigenvalue weighted by Crippen LogP contribution is -2.36. The molecule has 0 spiro atoms. The van der Waals surface area contributed by atoms with Crippen molar-refractivity contribution >= 4 is 29.9 Å². The zero-order valence-electron chi connectivity index (χ0n) is 16.6. The highest BCUT2D eigenvalue weighted by atomic mass is 127. The molecule has 0 bridgehead atoms. The monoisotopic (exact) mass is 509 g/mol. The molecule has 0 aliphatic heterocycles. The molecule has 0 amide bonds. The quantitative estimate of drug-likeness (QED) is 0.302. The number of aryl methyl sites for hydroxylation is 1. The number of aromatic nitrogens is 2. The van der Waals surface area contributed by atoms with E-state index in [-0.39, 0.29) is 29.8 Å². The molecule has 0 atom stereocenters. The Kier molecular flexibility index (Phi) is 8.44. The van der Waals surface area contributed by atoms with E-state index in [0.29, 0.717) is 24.7 Å². The predicted octanol–water partition coefficient (Wildman–Crippen LogP) is 3.81. The predicted molar refractivity (Wildman–Crippen MR) is 124 cm³/mol. The Bertz CT molecular complexity index is 973. The molecular weight excluding hydrogens is 484 g/mol. The molecule has 3 rings (SSSR count). The summed E-state index contributed by atoms with van der Waals surface area (Å²) in [5.74, 6) is 1.90. The van der Waals surface area contributed by atoms with Crippen molar-refractivity contribution in [1.29, 1.82) is 0 Å². The van der Waals surface area contributed by atoms with E-state index in [0.717, 1.165) is 22.7 Å². The van der Waals surface area contributed by atoms with Gasteiger partial charge in [-0.15, -0.1) is 24.0 Å². The number of methoxy groups -OCH3 is 1. The summed E-state index contributed by atoms with van der Waals surface area (Å²) in [4.78, 5) is 8.35. The third-order valence-electron chi connectivity index (χ3n) is 4.38. The molecule has 0 radical (unpaired) electrons. The third kappa shape index (κ3) is 5.93. The summed E-state index contributed by atoms with van der Waals surface area (Å²) >= 11 is 0. The van der Waals surface area contributed by atoms with Crippen LogP contribution in [0.2, 0.25) is 0 Å². The van der Waals surface area contributed by atoms with Gasteiger partial charge in [-0.1, -0.05) is 18.2 Å². The van der Waals surface area contributed by atoms with Crippen LogP contribution in [-0.2, 0) is 13.1 Å². The highest BCUT2D eigenvalue weighted by Gasteiger charge is 2.08. The molecule has 29 heavy (non-hydrogen) atoms. The first-order valence-corrected chi connectivity index (χ1v) is 8.97. The van der Waals surface area contributed by atoms with Crippen molar-refractivity contribution in [3.63, 3.8) is 0 Å². The lowest BCUT2D eigenvalue weighted by Gasteiger charge is -2.13. The number of guanidine groups is 1. The number of imidazole rings is 1. The number of nitrogens with one attached hydrogen (secondary N) is 2. The molecule has 2 aromatic carbocycles. The molecule has 0 saturated carbocycles. The van der Waals surface area contributed by atoms with Gasteiger partial charge in [0.25, 0.3) is 0 Å². The second kappa shape index (κ2) is 10.8. The fraction of sp³-hybridized carbons (Fsp3) is 0.238. The van der Waals surface area contributed by atoms with Crippen LogP contribution in [0.3, 0.4) is 0 Å². The van der Waals surface area contributed by atoms with Gasteiger partial charge >= 0.3 is 0 Å². The minimum atomic E-state index is -0.292. The zero-order chi connectivity index (χ0) is 19.9. The molecule has 0 aliphatic carbocycles. The van der Waals surface area contributed by atoms with E-state index < -0.39 is 0 Å². The van der Waals surface area contributed by atoms with E-state index >= 15 is 0 Å². The highest BCUT2D eigenvalue weighted by Crippen LogP contribution is 2.17. The van der Waals surface area contributed by atoms with Crippen molar-refractivity contribution in [2.24, 2.45) is 4.99 Å². The van der Waals surface area contributed by atoms with Crippen molar-refractivity contribution in [3.8, 4) is 11.4 Å². The van der Waals surface area contributed by atoms with Gasteiger partial charge in [0.1, 0.15) is 17.4 Å². The standard InChI is InChI=1S/C21H24FN5O.HI/c1-15-24-9-10-27(15)20-8-7-17(12-19(20)22)14-26-21(23-2)25-13-16-5-4-6-18(11-16)28-3;/h4-12H,13-14H2,1-3H3,(H2,23,25,26);1H. The zero-order valence-corrected chi connectivity index (χ0v) is 19.0. The summed E-state index contributed by atoms with van der Waals surface area (Å²) in [6.07, 6.45) is 3.40. The molecule has 2 N–H and O–H groups in total. The van der Waals surface area contributed by atoms with Gasteiger partial charge in [-0.3, -0.25) is 4.99 Å². The molecule has 0 aliphatic rings. The lowest BCUT2D eigenvalue weighted by molar-refractivity contribution is 0.414. The Morgan fingerprint density at radius 3 is 2.45 bits per heavy atom. The van der Waals surface area contributed by atoms with Gasteiger partial charge in [0.05, 0.1) is 12.8 Å². The van der Waals surface area contributed by atoms with Crippen LogP contribution in [0.4, 0.5) is 4.39 Å². The molecule has 3 aromatic rings. The largest absolute Gasteiger partial charge is 0.497 e. The number of benzene rings is 2. The maximum absolute atomic E-state index is 14.5. The molecule has 8 heteroatoms. The van der Waals surface area contributed by atoms with Gasteiger partial charge in [0.15, 0.2) is 5.96 Å². The first-order chi connectivity index (χ1) is 13.6. The average Bonchev–Trinajstić information content (AvgIpc) is 3.14. The first kappa shape index (κ1) is 22.7. The summed E-state index contributed by atoms with van der Waals surface area (Å²) in [6, 6.07) is 13.0. The van der Waals surface area contributed by atoms with E-state index in [1.807, 2.05) is 37.3 Å². The molecule has 6 nitrogen and oxygen atoms in total. The number of halogens is 2. The minimum absolute atomic E-state index is 0. The van der Waals surface area contributed by atoms with Crippen molar-refractivity contribution in [2.45, 2.75) is 20.0 Å². The molecule has 0 saturated heterocycles. The number of hydrogen-bond donors (Lipinski definition) is 2. The Morgan fingerprint density at radius 1 is 1.14 bits per heavy atom. The summed E-state index contributed by atoms with van der Waals surface area (Å²) in [5, 5.41) is 6.44. The second-order valence-corrected chi connectivity index (χ2v) is 6.26. The van der Waals surface area contributed by atoms with Gasteiger partial charge in [-0.25, -0.2) is 9.37 Å². The van der Waals surface area contributed by atoms with Crippen LogP contribution < -0.4 is 15.4 Å². The summed E-state index contributed by atoms with van der Waals surface area (Å²) in [6.45, 7) is 2.90. The van der Waals surface area contributed by atoms with Crippen molar-refractivity contribution in [1.82, 2.24) is 20.2 Å². The molecule has 1 heterocycles. The Balaban J connectivity index is 0.00000300. The lowest BCUT2D eigenvalue weighted by atomic mass is 10.2. The Labute approximate surface area is 187 Å². The van der Waals surface area contributed by atoms with Gasteiger partial charge in [-0.05, 0) is 42.3 Å². The molecule has 1 aromatic heterocycles. The molecular formula is C21H25FIN5O. The number of nitrogens with zero attached hydrogens (tertiary/aromatic N) is 3. The van der Waals surface area contributed by atoms with Crippen molar-refractivity contribution in [2.75, 3.05) is 14.2 Å². The van der Waals surface area contributed by atoms with Crippen LogP contribution in [0.1, 0.15) is 17.0 Å². The van der Waals surface area contributed by atoms with Gasteiger partial charge in [-0.2, -0.15) is 0 Å². The van der Waals surface area contributed by atoms with E-state index in [2.05, 4.69) is 20.6 Å². The average molecular weight is 509 g/mol. The Hall–Kier alpha value is -2.62. The summed E-state index contributed by atoms with van der Waals surface area (Å²) in [7, 11) is 3.35. The van der Waals surface area contributed by atoms with Crippen LogP contribution in [0.15, 0.2) is 59.9 Å². The third-order valence-corrected chi connectivity index (χ3v) is 4.38. The molecule has 154 valence electrons.